The first kappa shape index (κ1) is 14.3. The number of aromatic amines is 1. The van der Waals surface area contributed by atoms with Gasteiger partial charge in [0, 0.05) is 17.8 Å². The first-order valence-electron chi connectivity index (χ1n) is 6.58. The van der Waals surface area contributed by atoms with E-state index in [9.17, 15) is 9.90 Å². The first-order valence-corrected chi connectivity index (χ1v) is 6.58. The van der Waals surface area contributed by atoms with Gasteiger partial charge in [0.15, 0.2) is 0 Å². The minimum Gasteiger partial charge on any atom is -0.388 e. The fourth-order valence-electron chi connectivity index (χ4n) is 2.06. The Morgan fingerprint density at radius 2 is 2.05 bits per heavy atom. The summed E-state index contributed by atoms with van der Waals surface area (Å²) in [5.41, 5.74) is 3.57. The Morgan fingerprint density at radius 1 is 1.35 bits per heavy atom. The second-order valence-corrected chi connectivity index (χ2v) is 4.82. The number of hydrogen-bond donors (Lipinski definition) is 3. The van der Waals surface area contributed by atoms with Crippen molar-refractivity contribution in [3.8, 4) is 0 Å². The van der Waals surface area contributed by atoms with E-state index in [1.54, 1.807) is 0 Å². The molecule has 0 spiro atoms. The fraction of sp³-hybridized carbons (Fsp3) is 0.333. The highest BCUT2D eigenvalue weighted by molar-refractivity contribution is 5.76. The maximum Gasteiger partial charge on any atom is 0.223 e. The van der Waals surface area contributed by atoms with Gasteiger partial charge in [-0.2, -0.15) is 5.10 Å². The van der Waals surface area contributed by atoms with Crippen LogP contribution < -0.4 is 5.32 Å². The first-order chi connectivity index (χ1) is 9.58. The molecule has 0 saturated carbocycles. The van der Waals surface area contributed by atoms with Crippen molar-refractivity contribution in [1.29, 1.82) is 0 Å². The summed E-state index contributed by atoms with van der Waals surface area (Å²) in [7, 11) is 0. The van der Waals surface area contributed by atoms with Gasteiger partial charge in [-0.05, 0) is 19.4 Å². The molecule has 3 N–H and O–H groups in total. The number of H-pyrrole nitrogens is 1. The molecule has 1 amide bonds. The van der Waals surface area contributed by atoms with Gasteiger partial charge >= 0.3 is 0 Å². The Labute approximate surface area is 118 Å². The molecule has 5 nitrogen and oxygen atoms in total. The van der Waals surface area contributed by atoms with Crippen molar-refractivity contribution in [2.24, 2.45) is 0 Å². The van der Waals surface area contributed by atoms with Crippen molar-refractivity contribution in [2.75, 3.05) is 0 Å². The predicted octanol–water partition coefficient (Wildman–Crippen LogP) is 1.77. The largest absolute Gasteiger partial charge is 0.388 e. The van der Waals surface area contributed by atoms with Crippen molar-refractivity contribution in [3.63, 3.8) is 0 Å². The van der Waals surface area contributed by atoms with Crippen LogP contribution >= 0.6 is 0 Å². The summed E-state index contributed by atoms with van der Waals surface area (Å²) in [6.07, 6.45) is -0.720. The van der Waals surface area contributed by atoms with Gasteiger partial charge in [-0.3, -0.25) is 9.89 Å². The Balaban J connectivity index is 1.87. The average Bonchev–Trinajstić information content (AvgIpc) is 2.77. The Bertz CT molecular complexity index is 559. The van der Waals surface area contributed by atoms with Gasteiger partial charge in [0.05, 0.1) is 18.2 Å². The molecule has 0 aliphatic heterocycles. The smallest absolute Gasteiger partial charge is 0.223 e. The Morgan fingerprint density at radius 3 is 2.65 bits per heavy atom. The number of rotatable bonds is 5. The van der Waals surface area contributed by atoms with Crippen LogP contribution in [0.25, 0.3) is 0 Å². The van der Waals surface area contributed by atoms with E-state index in [0.29, 0.717) is 6.54 Å². The maximum atomic E-state index is 11.8. The molecule has 2 aromatic rings. The van der Waals surface area contributed by atoms with Crippen LogP contribution in [-0.4, -0.2) is 21.2 Å². The second-order valence-electron chi connectivity index (χ2n) is 4.82. The van der Waals surface area contributed by atoms with Gasteiger partial charge in [-0.15, -0.1) is 0 Å². The van der Waals surface area contributed by atoms with E-state index in [-0.39, 0.29) is 12.3 Å². The lowest BCUT2D eigenvalue weighted by molar-refractivity contribution is -0.123. The number of hydrogen-bond acceptors (Lipinski definition) is 3. The summed E-state index contributed by atoms with van der Waals surface area (Å²) in [6, 6.07) is 9.18. The van der Waals surface area contributed by atoms with Crippen LogP contribution in [0, 0.1) is 13.8 Å². The lowest BCUT2D eigenvalue weighted by Gasteiger charge is -2.11. The van der Waals surface area contributed by atoms with Crippen LogP contribution in [0.4, 0.5) is 0 Å². The summed E-state index contributed by atoms with van der Waals surface area (Å²) >= 11 is 0. The molecule has 0 radical (unpaired) electrons. The maximum absolute atomic E-state index is 11.8. The Hall–Kier alpha value is -2.14. The lowest BCUT2D eigenvalue weighted by atomic mass is 10.1. The van der Waals surface area contributed by atoms with Gasteiger partial charge < -0.3 is 10.4 Å². The summed E-state index contributed by atoms with van der Waals surface area (Å²) < 4.78 is 0. The number of aromatic nitrogens is 2. The third kappa shape index (κ3) is 3.45. The molecule has 0 aliphatic rings. The van der Waals surface area contributed by atoms with E-state index in [2.05, 4.69) is 15.5 Å². The zero-order chi connectivity index (χ0) is 14.5. The molecule has 0 aliphatic carbocycles. The van der Waals surface area contributed by atoms with Crippen molar-refractivity contribution < 1.29 is 9.90 Å². The SMILES string of the molecule is Cc1n[nH]c(C)c1CNC(=O)CC(O)c1ccccc1. The fourth-order valence-corrected chi connectivity index (χ4v) is 2.06. The average molecular weight is 273 g/mol. The van der Waals surface area contributed by atoms with Crippen LogP contribution in [-0.2, 0) is 11.3 Å². The number of benzene rings is 1. The van der Waals surface area contributed by atoms with Crippen molar-refractivity contribution >= 4 is 5.91 Å². The van der Waals surface area contributed by atoms with Gasteiger partial charge in [-0.1, -0.05) is 30.3 Å². The standard InChI is InChI=1S/C15H19N3O2/c1-10-13(11(2)18-17-10)9-16-15(20)8-14(19)12-6-4-3-5-7-12/h3-7,14,19H,8-9H2,1-2H3,(H,16,20)(H,17,18). The quantitative estimate of drug-likeness (QED) is 0.777. The summed E-state index contributed by atoms with van der Waals surface area (Å²) in [6.45, 7) is 4.23. The highest BCUT2D eigenvalue weighted by Crippen LogP contribution is 2.16. The number of carbonyl (C=O) groups is 1. The van der Waals surface area contributed by atoms with Gasteiger partial charge in [0.2, 0.25) is 5.91 Å². The van der Waals surface area contributed by atoms with E-state index in [4.69, 9.17) is 0 Å². The summed E-state index contributed by atoms with van der Waals surface area (Å²) in [5, 5.41) is 19.7. The van der Waals surface area contributed by atoms with E-state index in [0.717, 1.165) is 22.5 Å². The molecule has 1 unspecified atom stereocenters. The molecule has 0 fully saturated rings. The van der Waals surface area contributed by atoms with Crippen molar-refractivity contribution in [2.45, 2.75) is 32.9 Å². The molecular formula is C15H19N3O2. The van der Waals surface area contributed by atoms with E-state index >= 15 is 0 Å². The second kappa shape index (κ2) is 6.34. The van der Waals surface area contributed by atoms with Crippen LogP contribution in [0.5, 0.6) is 0 Å². The molecule has 5 heteroatoms. The number of amides is 1. The molecule has 0 saturated heterocycles. The van der Waals surface area contributed by atoms with Gasteiger partial charge in [0.1, 0.15) is 0 Å². The molecule has 106 valence electrons. The normalized spacial score (nSPS) is 12.2. The van der Waals surface area contributed by atoms with Crippen molar-refractivity contribution in [1.82, 2.24) is 15.5 Å². The van der Waals surface area contributed by atoms with Crippen LogP contribution in [0.15, 0.2) is 30.3 Å². The predicted molar refractivity (Wildman–Crippen MR) is 75.9 cm³/mol. The third-order valence-corrected chi connectivity index (χ3v) is 3.31. The number of carbonyl (C=O) groups excluding carboxylic acids is 1. The molecule has 1 heterocycles. The Kier molecular flexibility index (Phi) is 4.53. The monoisotopic (exact) mass is 273 g/mol. The highest BCUT2D eigenvalue weighted by Gasteiger charge is 2.13. The summed E-state index contributed by atoms with van der Waals surface area (Å²) in [5.74, 6) is -0.179. The molecular weight excluding hydrogens is 254 g/mol. The van der Waals surface area contributed by atoms with Crippen LogP contribution in [0.3, 0.4) is 0 Å². The zero-order valence-electron chi connectivity index (χ0n) is 11.7. The number of aliphatic hydroxyl groups is 1. The molecule has 20 heavy (non-hydrogen) atoms. The minimum atomic E-state index is -0.775. The molecule has 1 aromatic heterocycles. The summed E-state index contributed by atoms with van der Waals surface area (Å²) in [4.78, 5) is 11.8. The van der Waals surface area contributed by atoms with Crippen LogP contribution in [0.1, 0.15) is 35.0 Å². The lowest BCUT2D eigenvalue weighted by Crippen LogP contribution is -2.25. The molecule has 1 atom stereocenters. The number of aryl methyl sites for hydroxylation is 2. The number of aliphatic hydroxyl groups excluding tert-OH is 1. The minimum absolute atomic E-state index is 0.0555. The van der Waals surface area contributed by atoms with Crippen LogP contribution in [0.2, 0.25) is 0 Å². The topological polar surface area (TPSA) is 78.0 Å². The zero-order valence-corrected chi connectivity index (χ0v) is 11.7. The highest BCUT2D eigenvalue weighted by atomic mass is 16.3. The van der Waals surface area contributed by atoms with E-state index in [1.165, 1.54) is 0 Å². The number of nitrogens with zero attached hydrogens (tertiary/aromatic N) is 1. The molecule has 0 bridgehead atoms. The third-order valence-electron chi connectivity index (χ3n) is 3.31. The van der Waals surface area contributed by atoms with Gasteiger partial charge in [0.25, 0.3) is 0 Å². The number of nitrogens with one attached hydrogen (secondary N) is 2. The van der Waals surface area contributed by atoms with Crippen molar-refractivity contribution in [3.05, 3.63) is 52.8 Å². The van der Waals surface area contributed by atoms with E-state index in [1.807, 2.05) is 44.2 Å². The van der Waals surface area contributed by atoms with Gasteiger partial charge in [-0.25, -0.2) is 0 Å². The van der Waals surface area contributed by atoms with E-state index < -0.39 is 6.10 Å². The molecule has 2 rings (SSSR count). The molecule has 1 aromatic carbocycles.